The molecule has 0 saturated carbocycles. The van der Waals surface area contributed by atoms with Crippen LogP contribution in [0.15, 0.2) is 247 Å². The molecule has 0 atom stereocenters. The molecule has 0 N–H and O–H groups in total. The topological polar surface area (TPSA) is 21.3 Å². The number of benzene rings is 10. The second kappa shape index (κ2) is 15.3. The van der Waals surface area contributed by atoms with Gasteiger partial charge in [-0.3, -0.25) is 0 Å². The highest BCUT2D eigenvalue weighted by atomic mass is 16.3. The third-order valence-electron chi connectivity index (χ3n) is 11.8. The average Bonchev–Trinajstić information content (AvgIpc) is 3.98. The molecular weight excluding hydrogens is 765 g/mol. The molecule has 0 bridgehead atoms. The van der Waals surface area contributed by atoms with Crippen LogP contribution in [0.2, 0.25) is 0 Å². The van der Waals surface area contributed by atoms with Crippen molar-refractivity contribution >= 4 is 60.8 Å². The molecule has 0 aliphatic heterocycles. The summed E-state index contributed by atoms with van der Waals surface area (Å²) < 4.78 is 96.9. The Labute approximate surface area is 380 Å². The Morgan fingerprint density at radius 1 is 0.365 bits per heavy atom. The predicted octanol–water partition coefficient (Wildman–Crippen LogP) is 16.8. The number of rotatable bonds is 8. The number of hydrogen-bond acceptors (Lipinski definition) is 2. The van der Waals surface area contributed by atoms with Gasteiger partial charge in [-0.25, -0.2) is 0 Å². The highest BCUT2D eigenvalue weighted by Gasteiger charge is 2.22. The van der Waals surface area contributed by atoms with E-state index >= 15 is 0 Å². The van der Waals surface area contributed by atoms with E-state index in [1.807, 2.05) is 95.6 Å². The lowest BCUT2D eigenvalue weighted by atomic mass is 9.95. The maximum absolute atomic E-state index is 9.21. The predicted molar refractivity (Wildman–Crippen MR) is 264 cm³/mol. The number of furan rings is 1. The van der Waals surface area contributed by atoms with E-state index in [0.717, 1.165) is 72.0 Å². The lowest BCUT2D eigenvalue weighted by Gasteiger charge is -2.26. The summed E-state index contributed by atoms with van der Waals surface area (Å²) in [7, 11) is 0. The first-order chi connectivity index (χ1) is 35.4. The monoisotopic (exact) mass is 814 g/mol. The normalized spacial score (nSPS) is 13.7. The summed E-state index contributed by atoms with van der Waals surface area (Å²) in [5.74, 6) is 0. The van der Waals surface area contributed by atoms with Gasteiger partial charge < -0.3 is 13.9 Å². The third-order valence-corrected chi connectivity index (χ3v) is 11.8. The Hall–Kier alpha value is -8.40. The molecule has 12 aromatic rings. The fraction of sp³-hybridized carbons (Fsp3) is 0. The summed E-state index contributed by atoms with van der Waals surface area (Å²) >= 11 is 0. The molecule has 0 aliphatic rings. The zero-order valence-electron chi connectivity index (χ0n) is 43.6. The van der Waals surface area contributed by atoms with Crippen molar-refractivity contribution < 1.29 is 18.1 Å². The van der Waals surface area contributed by atoms with Gasteiger partial charge in [0.25, 0.3) is 0 Å². The maximum Gasteiger partial charge on any atom is 0.136 e. The van der Waals surface area contributed by atoms with Crippen LogP contribution in [0.25, 0.3) is 93.9 Å². The van der Waals surface area contributed by atoms with Crippen LogP contribution in [-0.4, -0.2) is 4.57 Å². The first-order valence-corrected chi connectivity index (χ1v) is 20.7. The number of hydrogen-bond donors (Lipinski definition) is 0. The molecule has 2 heterocycles. The molecule has 296 valence electrons. The SMILES string of the molecule is [2H]c1c([2H])c([2H])c(-c2cccc(-c3c([2H])c([2H])c([2H])c([2H])c3[2H])c2-n2c3ccccc3c3ccc(N(c4ccc(-c5ccccc5)cc4)c4ccc(-c5cccc6oc7ccccc7c56)cc4)cc32)c([2H])c1[2H]. The fourth-order valence-electron chi connectivity index (χ4n) is 8.98. The highest BCUT2D eigenvalue weighted by molar-refractivity contribution is 6.13. The molecule has 3 heteroatoms. The minimum Gasteiger partial charge on any atom is -0.456 e. The van der Waals surface area contributed by atoms with Crippen LogP contribution in [0, 0.1) is 0 Å². The van der Waals surface area contributed by atoms with Crippen molar-refractivity contribution in [1.29, 1.82) is 0 Å². The molecule has 0 radical (unpaired) electrons. The van der Waals surface area contributed by atoms with Crippen molar-refractivity contribution in [3.8, 4) is 50.2 Å². The van der Waals surface area contributed by atoms with Gasteiger partial charge in [0, 0.05) is 49.7 Å². The molecule has 0 spiro atoms. The summed E-state index contributed by atoms with van der Waals surface area (Å²) in [4.78, 5) is 2.16. The summed E-state index contributed by atoms with van der Waals surface area (Å²) in [6.07, 6.45) is 0. The van der Waals surface area contributed by atoms with Crippen LogP contribution in [-0.2, 0) is 0 Å². The Balaban J connectivity index is 1.13. The minimum atomic E-state index is -0.555. The van der Waals surface area contributed by atoms with E-state index in [2.05, 4.69) is 77.7 Å². The molecule has 0 fully saturated rings. The van der Waals surface area contributed by atoms with Crippen LogP contribution in [0.5, 0.6) is 0 Å². The van der Waals surface area contributed by atoms with Gasteiger partial charge in [-0.15, -0.1) is 0 Å². The fourth-order valence-corrected chi connectivity index (χ4v) is 8.98. The maximum atomic E-state index is 9.21. The standard InChI is InChI=1S/C60H40N2O/c1-4-16-41(17-5-1)42-30-34-46(35-31-42)61(47-36-32-45(33-37-47)49-24-15-29-58-59(49)54-23-11-13-28-57(54)63-58)48-38-39-53-52-22-10-12-27-55(52)62(56(53)40-48)60-50(43-18-6-2-7-19-43)25-14-26-51(60)44-20-8-3-9-21-44/h1-40H/i2D,3D,6D,7D,8D,9D,18D,19D,20D,21D. The first kappa shape index (κ1) is 27.4. The Morgan fingerprint density at radius 3 is 1.59 bits per heavy atom. The zero-order chi connectivity index (χ0) is 50.4. The Kier molecular flexibility index (Phi) is 6.65. The van der Waals surface area contributed by atoms with Gasteiger partial charge in [-0.1, -0.05) is 188 Å². The third kappa shape index (κ3) is 6.29. The van der Waals surface area contributed by atoms with E-state index < -0.39 is 60.4 Å². The molecule has 12 rings (SSSR count). The number of para-hydroxylation sites is 3. The number of anilines is 3. The quantitative estimate of drug-likeness (QED) is 0.152. The second-order valence-corrected chi connectivity index (χ2v) is 15.3. The summed E-state index contributed by atoms with van der Waals surface area (Å²) in [5.41, 5.74) is 10.0. The summed E-state index contributed by atoms with van der Waals surface area (Å²) in [6.45, 7) is 0. The molecular formula is C60H40N2O. The van der Waals surface area contributed by atoms with Crippen molar-refractivity contribution in [2.45, 2.75) is 0 Å². The van der Waals surface area contributed by atoms with Crippen LogP contribution < -0.4 is 4.90 Å². The molecule has 0 amide bonds. The number of aromatic nitrogens is 1. The molecule has 63 heavy (non-hydrogen) atoms. The summed E-state index contributed by atoms with van der Waals surface area (Å²) in [5, 5.41) is 3.71. The molecule has 0 aliphatic carbocycles. The van der Waals surface area contributed by atoms with E-state index in [1.54, 1.807) is 18.2 Å². The van der Waals surface area contributed by atoms with E-state index in [9.17, 15) is 5.48 Å². The van der Waals surface area contributed by atoms with Crippen LogP contribution >= 0.6 is 0 Å². The number of fused-ring (bicyclic) bond motifs is 6. The van der Waals surface area contributed by atoms with Crippen molar-refractivity contribution in [3.05, 3.63) is 242 Å². The highest BCUT2D eigenvalue weighted by Crippen LogP contribution is 2.45. The van der Waals surface area contributed by atoms with Gasteiger partial charge in [0.05, 0.1) is 30.4 Å². The largest absolute Gasteiger partial charge is 0.456 e. The van der Waals surface area contributed by atoms with Crippen molar-refractivity contribution in [2.75, 3.05) is 4.90 Å². The van der Waals surface area contributed by atoms with Gasteiger partial charge >= 0.3 is 0 Å². The summed E-state index contributed by atoms with van der Waals surface area (Å²) in [6, 6.07) is 54.7. The molecule has 10 aromatic carbocycles. The van der Waals surface area contributed by atoms with Gasteiger partial charge in [-0.2, -0.15) is 0 Å². The van der Waals surface area contributed by atoms with Gasteiger partial charge in [0.2, 0.25) is 0 Å². The van der Waals surface area contributed by atoms with Crippen molar-refractivity contribution in [3.63, 3.8) is 0 Å². The lowest BCUT2D eigenvalue weighted by molar-refractivity contribution is 0.669. The van der Waals surface area contributed by atoms with E-state index in [-0.39, 0.29) is 27.9 Å². The van der Waals surface area contributed by atoms with Gasteiger partial charge in [0.15, 0.2) is 0 Å². The van der Waals surface area contributed by atoms with E-state index in [1.165, 1.54) is 0 Å². The lowest BCUT2D eigenvalue weighted by Crippen LogP contribution is -2.10. The smallest absolute Gasteiger partial charge is 0.136 e. The molecule has 0 unspecified atom stereocenters. The second-order valence-electron chi connectivity index (χ2n) is 15.3. The molecule has 0 saturated heterocycles. The van der Waals surface area contributed by atoms with Crippen LogP contribution in [0.4, 0.5) is 17.1 Å². The minimum absolute atomic E-state index is 0.100. The van der Waals surface area contributed by atoms with E-state index in [0.29, 0.717) is 11.0 Å². The zero-order valence-corrected chi connectivity index (χ0v) is 33.6. The van der Waals surface area contributed by atoms with E-state index in [4.69, 9.17) is 12.6 Å². The van der Waals surface area contributed by atoms with Gasteiger partial charge in [-0.05, 0) is 88.0 Å². The van der Waals surface area contributed by atoms with Crippen molar-refractivity contribution in [1.82, 2.24) is 4.57 Å². The van der Waals surface area contributed by atoms with Crippen LogP contribution in [0.3, 0.4) is 0 Å². The van der Waals surface area contributed by atoms with Crippen LogP contribution in [0.1, 0.15) is 13.7 Å². The van der Waals surface area contributed by atoms with Crippen molar-refractivity contribution in [2.24, 2.45) is 0 Å². The molecule has 2 aromatic heterocycles. The molecule has 3 nitrogen and oxygen atoms in total. The van der Waals surface area contributed by atoms with Gasteiger partial charge in [0.1, 0.15) is 11.2 Å². The Morgan fingerprint density at radius 2 is 0.889 bits per heavy atom. The first-order valence-electron chi connectivity index (χ1n) is 25.7. The average molecular weight is 815 g/mol. The Bertz CT molecular complexity index is 4060. The number of nitrogens with zero attached hydrogens (tertiary/aromatic N) is 2.